The second-order valence-corrected chi connectivity index (χ2v) is 6.08. The summed E-state index contributed by atoms with van der Waals surface area (Å²) in [6.07, 6.45) is 1.95. The van der Waals surface area contributed by atoms with Crippen LogP contribution in [0.2, 0.25) is 0 Å². The van der Waals surface area contributed by atoms with E-state index in [1.807, 2.05) is 54.6 Å². The number of aromatic amines is 1. The fourth-order valence-electron chi connectivity index (χ4n) is 3.32. The van der Waals surface area contributed by atoms with Crippen molar-refractivity contribution >= 4 is 34.0 Å². The zero-order valence-corrected chi connectivity index (χ0v) is 13.6. The van der Waals surface area contributed by atoms with Crippen molar-refractivity contribution in [3.8, 4) is 11.4 Å². The second-order valence-electron chi connectivity index (χ2n) is 6.08. The average molecular weight is 339 g/mol. The number of rotatable bonds is 3. The first-order valence-corrected chi connectivity index (χ1v) is 8.19. The van der Waals surface area contributed by atoms with Crippen molar-refractivity contribution < 1.29 is 4.79 Å². The number of carbonyl (C=O) groups is 1. The lowest BCUT2D eigenvalue weighted by atomic mass is 10.0. The van der Waals surface area contributed by atoms with Crippen LogP contribution >= 0.6 is 0 Å². The highest BCUT2D eigenvalue weighted by atomic mass is 16.1. The molecule has 1 aromatic heterocycles. The molecule has 0 spiro atoms. The Morgan fingerprint density at radius 1 is 0.962 bits per heavy atom. The quantitative estimate of drug-likeness (QED) is 0.598. The molecule has 4 aromatic rings. The summed E-state index contributed by atoms with van der Waals surface area (Å²) in [5, 5.41) is 19.1. The fourth-order valence-corrected chi connectivity index (χ4v) is 3.32. The van der Waals surface area contributed by atoms with E-state index in [0.717, 1.165) is 27.5 Å². The van der Waals surface area contributed by atoms with Gasteiger partial charge in [0.15, 0.2) is 0 Å². The molecule has 0 bridgehead atoms. The molecule has 26 heavy (non-hydrogen) atoms. The summed E-state index contributed by atoms with van der Waals surface area (Å²) < 4.78 is 0. The Hall–Kier alpha value is -3.80. The maximum absolute atomic E-state index is 12.8. The van der Waals surface area contributed by atoms with Gasteiger partial charge < -0.3 is 5.32 Å². The highest BCUT2D eigenvalue weighted by molar-refractivity contribution is 6.34. The summed E-state index contributed by atoms with van der Waals surface area (Å²) in [5.41, 5.74) is 4.27. The van der Waals surface area contributed by atoms with Crippen LogP contribution in [0.4, 0.5) is 5.69 Å². The van der Waals surface area contributed by atoms with E-state index in [0.29, 0.717) is 17.1 Å². The van der Waals surface area contributed by atoms with E-state index in [2.05, 4.69) is 38.1 Å². The van der Waals surface area contributed by atoms with Gasteiger partial charge in [0, 0.05) is 16.8 Å². The summed E-state index contributed by atoms with van der Waals surface area (Å²) in [6, 6.07) is 19.5. The number of carbonyl (C=O) groups excluding carboxylic acids is 1. The summed E-state index contributed by atoms with van der Waals surface area (Å²) in [4.78, 5) is 12.8. The van der Waals surface area contributed by atoms with Crippen LogP contribution in [0.1, 0.15) is 11.1 Å². The van der Waals surface area contributed by atoms with Crippen molar-refractivity contribution in [2.24, 2.45) is 0 Å². The van der Waals surface area contributed by atoms with Crippen molar-refractivity contribution in [2.75, 3.05) is 5.32 Å². The van der Waals surface area contributed by atoms with Gasteiger partial charge in [-0.1, -0.05) is 36.4 Å². The van der Waals surface area contributed by atoms with Crippen LogP contribution in [0, 0.1) is 0 Å². The van der Waals surface area contributed by atoms with Gasteiger partial charge in [-0.15, -0.1) is 10.2 Å². The number of H-pyrrole nitrogens is 1. The largest absolute Gasteiger partial charge is 0.322 e. The van der Waals surface area contributed by atoms with Crippen LogP contribution < -0.4 is 5.32 Å². The Balaban J connectivity index is 1.43. The number of nitrogens with zero attached hydrogens (tertiary/aromatic N) is 3. The monoisotopic (exact) mass is 339 g/mol. The van der Waals surface area contributed by atoms with E-state index in [-0.39, 0.29) is 5.91 Å². The van der Waals surface area contributed by atoms with Crippen LogP contribution in [-0.4, -0.2) is 26.5 Å². The van der Waals surface area contributed by atoms with E-state index in [4.69, 9.17) is 0 Å². The fraction of sp³-hybridized carbons (Fsp3) is 0. The molecule has 1 amide bonds. The van der Waals surface area contributed by atoms with Gasteiger partial charge in [0.05, 0.1) is 0 Å². The zero-order valence-electron chi connectivity index (χ0n) is 13.6. The van der Waals surface area contributed by atoms with Crippen LogP contribution in [-0.2, 0) is 4.79 Å². The third kappa shape index (κ3) is 2.28. The van der Waals surface area contributed by atoms with Gasteiger partial charge >= 0.3 is 0 Å². The lowest BCUT2D eigenvalue weighted by Gasteiger charge is -2.08. The minimum absolute atomic E-state index is 0.124. The number of tetrazole rings is 1. The number of anilines is 1. The summed E-state index contributed by atoms with van der Waals surface area (Å²) in [6.45, 7) is 0. The first-order chi connectivity index (χ1) is 12.8. The van der Waals surface area contributed by atoms with Crippen molar-refractivity contribution in [1.29, 1.82) is 0 Å². The smallest absolute Gasteiger partial charge is 0.256 e. The Morgan fingerprint density at radius 2 is 1.77 bits per heavy atom. The van der Waals surface area contributed by atoms with Crippen molar-refractivity contribution in [3.63, 3.8) is 0 Å². The molecule has 1 aliphatic carbocycles. The molecule has 0 unspecified atom stereocenters. The lowest BCUT2D eigenvalue weighted by Crippen LogP contribution is -2.12. The Bertz CT molecular complexity index is 1160. The number of benzene rings is 3. The normalized spacial score (nSPS) is 12.2. The van der Waals surface area contributed by atoms with Crippen LogP contribution in [0.5, 0.6) is 0 Å². The number of nitrogens with one attached hydrogen (secondary N) is 2. The molecule has 2 N–H and O–H groups in total. The van der Waals surface area contributed by atoms with Crippen LogP contribution in [0.3, 0.4) is 0 Å². The van der Waals surface area contributed by atoms with E-state index < -0.39 is 0 Å². The third-order valence-electron chi connectivity index (χ3n) is 4.52. The molecule has 0 fully saturated rings. The molecule has 6 nitrogen and oxygen atoms in total. The van der Waals surface area contributed by atoms with E-state index in [1.54, 1.807) is 0 Å². The molecule has 0 saturated heterocycles. The lowest BCUT2D eigenvalue weighted by molar-refractivity contribution is -0.111. The average Bonchev–Trinajstić information content (AvgIpc) is 3.33. The van der Waals surface area contributed by atoms with Gasteiger partial charge in [-0.3, -0.25) is 4.79 Å². The molecule has 0 saturated carbocycles. The highest BCUT2D eigenvalue weighted by Crippen LogP contribution is 2.36. The van der Waals surface area contributed by atoms with Crippen molar-refractivity contribution in [2.45, 2.75) is 0 Å². The third-order valence-corrected chi connectivity index (χ3v) is 4.52. The van der Waals surface area contributed by atoms with Gasteiger partial charge in [0.25, 0.3) is 5.91 Å². The van der Waals surface area contributed by atoms with Crippen LogP contribution in [0.25, 0.3) is 33.8 Å². The molecule has 1 heterocycles. The number of aromatic nitrogens is 4. The molecule has 0 aliphatic heterocycles. The van der Waals surface area contributed by atoms with E-state index >= 15 is 0 Å². The van der Waals surface area contributed by atoms with Gasteiger partial charge in [-0.2, -0.15) is 5.21 Å². The van der Waals surface area contributed by atoms with Crippen molar-refractivity contribution in [3.05, 3.63) is 71.8 Å². The zero-order chi connectivity index (χ0) is 17.5. The molecule has 3 aromatic carbocycles. The first kappa shape index (κ1) is 14.5. The Morgan fingerprint density at radius 3 is 2.54 bits per heavy atom. The molecular formula is C20H13N5O. The standard InChI is InChI=1S/C20H13N5O/c26-20(21-15-9-7-13(8-10-15)19-22-24-25-23-19)17-11-14-5-1-3-12-4-2-6-16(17)18(12)14/h1-11H,(H,21,26)(H,22,23,24,25). The number of amides is 1. The van der Waals surface area contributed by atoms with Gasteiger partial charge in [-0.25, -0.2) is 0 Å². The maximum atomic E-state index is 12.8. The van der Waals surface area contributed by atoms with Gasteiger partial charge in [-0.05, 0) is 57.5 Å². The van der Waals surface area contributed by atoms with E-state index in [1.165, 1.54) is 0 Å². The number of hydrogen-bond acceptors (Lipinski definition) is 4. The van der Waals surface area contributed by atoms with Crippen molar-refractivity contribution in [1.82, 2.24) is 20.6 Å². The second kappa shape index (κ2) is 5.63. The summed E-state index contributed by atoms with van der Waals surface area (Å²) >= 11 is 0. The first-order valence-electron chi connectivity index (χ1n) is 8.19. The van der Waals surface area contributed by atoms with Gasteiger partial charge in [0.2, 0.25) is 5.82 Å². The Kier molecular flexibility index (Phi) is 3.15. The SMILES string of the molecule is O=C(Nc1ccc(-c2nn[nH]n2)cc1)C1=Cc2cccc3cccc1c23. The molecule has 1 aliphatic rings. The van der Waals surface area contributed by atoms with Gasteiger partial charge in [0.1, 0.15) is 0 Å². The Labute approximate surface area is 148 Å². The van der Waals surface area contributed by atoms with Crippen LogP contribution in [0.15, 0.2) is 60.7 Å². The summed E-state index contributed by atoms with van der Waals surface area (Å²) in [7, 11) is 0. The maximum Gasteiger partial charge on any atom is 0.256 e. The highest BCUT2D eigenvalue weighted by Gasteiger charge is 2.21. The predicted octanol–water partition coefficient (Wildman–Crippen LogP) is 3.51. The molecule has 6 heteroatoms. The number of hydrogen-bond donors (Lipinski definition) is 2. The minimum atomic E-state index is -0.124. The summed E-state index contributed by atoms with van der Waals surface area (Å²) in [5.74, 6) is 0.393. The molecule has 5 rings (SSSR count). The predicted molar refractivity (Wildman–Crippen MR) is 100 cm³/mol. The molecule has 0 radical (unpaired) electrons. The molecular weight excluding hydrogens is 326 g/mol. The minimum Gasteiger partial charge on any atom is -0.322 e. The van der Waals surface area contributed by atoms with E-state index in [9.17, 15) is 4.79 Å². The molecule has 124 valence electrons. The topological polar surface area (TPSA) is 83.6 Å². The molecule has 0 atom stereocenters.